The van der Waals surface area contributed by atoms with Crippen molar-refractivity contribution in [3.63, 3.8) is 0 Å². The molecule has 2 aromatic rings. The van der Waals surface area contributed by atoms with Crippen LogP contribution in [-0.4, -0.2) is 31.7 Å². The van der Waals surface area contributed by atoms with Crippen LogP contribution < -0.4 is 0 Å². The van der Waals surface area contributed by atoms with Crippen molar-refractivity contribution in [1.82, 2.24) is 0 Å². The highest BCUT2D eigenvalue weighted by Gasteiger charge is 2.50. The van der Waals surface area contributed by atoms with E-state index in [4.69, 9.17) is 18.9 Å². The summed E-state index contributed by atoms with van der Waals surface area (Å²) in [5.74, 6) is 0. The van der Waals surface area contributed by atoms with Crippen LogP contribution in [0.1, 0.15) is 23.7 Å². The Morgan fingerprint density at radius 3 is 2.33 bits per heavy atom. The van der Waals surface area contributed by atoms with Gasteiger partial charge in [0, 0.05) is 13.5 Å². The van der Waals surface area contributed by atoms with Crippen LogP contribution in [0.2, 0.25) is 0 Å². The fourth-order valence-corrected chi connectivity index (χ4v) is 3.48. The molecule has 2 heterocycles. The average molecular weight is 326 g/mol. The second-order valence-corrected chi connectivity index (χ2v) is 6.28. The molecule has 5 unspecified atom stereocenters. The van der Waals surface area contributed by atoms with Crippen LogP contribution in [0.4, 0.5) is 0 Å². The van der Waals surface area contributed by atoms with Crippen molar-refractivity contribution in [2.45, 2.75) is 43.7 Å². The van der Waals surface area contributed by atoms with Gasteiger partial charge in [-0.25, -0.2) is 0 Å². The fourth-order valence-electron chi connectivity index (χ4n) is 3.48. The molecular formula is C20H22O4. The molecule has 4 heteroatoms. The molecule has 0 N–H and O–H groups in total. The lowest BCUT2D eigenvalue weighted by Crippen LogP contribution is -2.44. The molecule has 2 bridgehead atoms. The molecule has 0 spiro atoms. The molecule has 2 aromatic carbocycles. The Kier molecular flexibility index (Phi) is 4.63. The van der Waals surface area contributed by atoms with Gasteiger partial charge >= 0.3 is 0 Å². The Morgan fingerprint density at radius 1 is 0.917 bits per heavy atom. The summed E-state index contributed by atoms with van der Waals surface area (Å²) in [6.45, 7) is 0.547. The van der Waals surface area contributed by atoms with E-state index in [2.05, 4.69) is 24.3 Å². The second-order valence-electron chi connectivity index (χ2n) is 6.28. The Hall–Kier alpha value is -1.72. The third-order valence-electron chi connectivity index (χ3n) is 4.74. The third kappa shape index (κ3) is 3.10. The SMILES string of the molecule is COC1CC(OCc2ccccc2)C2OC(c3ccccc3)C1O2. The monoisotopic (exact) mass is 326 g/mol. The first kappa shape index (κ1) is 15.8. The van der Waals surface area contributed by atoms with Gasteiger partial charge in [-0.15, -0.1) is 0 Å². The number of rotatable bonds is 5. The largest absolute Gasteiger partial charge is 0.379 e. The summed E-state index contributed by atoms with van der Waals surface area (Å²) < 4.78 is 24.0. The molecule has 2 aliphatic rings. The van der Waals surface area contributed by atoms with Crippen molar-refractivity contribution in [3.05, 3.63) is 71.8 Å². The summed E-state index contributed by atoms with van der Waals surface area (Å²) in [7, 11) is 1.73. The zero-order valence-corrected chi connectivity index (χ0v) is 13.7. The normalized spacial score (nSPS) is 32.0. The summed E-state index contributed by atoms with van der Waals surface area (Å²) in [4.78, 5) is 0. The maximum Gasteiger partial charge on any atom is 0.185 e. The van der Waals surface area contributed by atoms with E-state index in [0.717, 1.165) is 17.5 Å². The van der Waals surface area contributed by atoms with Gasteiger partial charge in [0.1, 0.15) is 18.3 Å². The molecule has 0 aromatic heterocycles. The zero-order valence-electron chi connectivity index (χ0n) is 13.7. The van der Waals surface area contributed by atoms with Crippen molar-refractivity contribution in [1.29, 1.82) is 0 Å². The molecule has 4 nitrogen and oxygen atoms in total. The summed E-state index contributed by atoms with van der Waals surface area (Å²) in [5, 5.41) is 0. The maximum absolute atomic E-state index is 6.18. The molecule has 4 rings (SSSR count). The molecule has 2 aliphatic heterocycles. The minimum Gasteiger partial charge on any atom is -0.379 e. The van der Waals surface area contributed by atoms with Crippen molar-refractivity contribution in [2.24, 2.45) is 0 Å². The predicted octanol–water partition coefficient (Wildman–Crippen LogP) is 3.47. The quantitative estimate of drug-likeness (QED) is 0.843. The Bertz CT molecular complexity index is 645. The standard InChI is InChI=1S/C20H22O4/c1-21-16-12-17(22-13-14-8-4-2-5-9-14)20-23-18(19(16)24-20)15-10-6-3-7-11-15/h2-11,16-20H,12-13H2,1H3. The number of fused-ring (bicyclic) bond motifs is 2. The number of benzene rings is 2. The van der Waals surface area contributed by atoms with Gasteiger partial charge in [-0.2, -0.15) is 0 Å². The summed E-state index contributed by atoms with van der Waals surface area (Å²) in [6.07, 6.45) is 0.0951. The fraction of sp³-hybridized carbons (Fsp3) is 0.400. The molecule has 2 saturated heterocycles. The maximum atomic E-state index is 6.18. The first-order valence-electron chi connectivity index (χ1n) is 8.39. The highest BCUT2D eigenvalue weighted by molar-refractivity contribution is 5.21. The second kappa shape index (κ2) is 7.03. The van der Waals surface area contributed by atoms with Gasteiger partial charge in [0.15, 0.2) is 6.29 Å². The Labute approximate surface area is 142 Å². The molecule has 126 valence electrons. The molecule has 0 radical (unpaired) electrons. The predicted molar refractivity (Wildman–Crippen MR) is 89.4 cm³/mol. The molecule has 5 atom stereocenters. The van der Waals surface area contributed by atoms with E-state index in [1.54, 1.807) is 7.11 Å². The summed E-state index contributed by atoms with van der Waals surface area (Å²) in [5.41, 5.74) is 2.27. The summed E-state index contributed by atoms with van der Waals surface area (Å²) >= 11 is 0. The average Bonchev–Trinajstić information content (AvgIpc) is 3.03. The first-order valence-corrected chi connectivity index (χ1v) is 8.39. The van der Waals surface area contributed by atoms with Crippen LogP contribution >= 0.6 is 0 Å². The van der Waals surface area contributed by atoms with Crippen molar-refractivity contribution >= 4 is 0 Å². The Morgan fingerprint density at radius 2 is 1.62 bits per heavy atom. The number of hydrogen-bond donors (Lipinski definition) is 0. The van der Waals surface area contributed by atoms with Gasteiger partial charge in [-0.1, -0.05) is 60.7 Å². The highest BCUT2D eigenvalue weighted by Crippen LogP contribution is 2.42. The highest BCUT2D eigenvalue weighted by atomic mass is 16.8. The van der Waals surface area contributed by atoms with Gasteiger partial charge in [0.2, 0.25) is 0 Å². The number of hydrogen-bond acceptors (Lipinski definition) is 4. The molecule has 0 aliphatic carbocycles. The lowest BCUT2D eigenvalue weighted by atomic mass is 9.96. The minimum atomic E-state index is -0.338. The van der Waals surface area contributed by atoms with E-state index < -0.39 is 0 Å². The van der Waals surface area contributed by atoms with E-state index in [0.29, 0.717) is 6.61 Å². The molecule has 24 heavy (non-hydrogen) atoms. The Balaban J connectivity index is 1.47. The molecule has 0 saturated carbocycles. The van der Waals surface area contributed by atoms with Crippen LogP contribution in [0.15, 0.2) is 60.7 Å². The third-order valence-corrected chi connectivity index (χ3v) is 4.74. The van der Waals surface area contributed by atoms with Crippen molar-refractivity contribution in [2.75, 3.05) is 7.11 Å². The van der Waals surface area contributed by atoms with Crippen LogP contribution in [0.25, 0.3) is 0 Å². The van der Waals surface area contributed by atoms with Crippen LogP contribution in [0, 0.1) is 0 Å². The minimum absolute atomic E-state index is 0.0327. The van der Waals surface area contributed by atoms with E-state index in [1.165, 1.54) is 0 Å². The first-order chi connectivity index (χ1) is 11.8. The van der Waals surface area contributed by atoms with E-state index >= 15 is 0 Å². The van der Waals surface area contributed by atoms with E-state index in [9.17, 15) is 0 Å². The topological polar surface area (TPSA) is 36.9 Å². The lowest BCUT2D eigenvalue weighted by molar-refractivity contribution is -0.206. The van der Waals surface area contributed by atoms with Crippen LogP contribution in [-0.2, 0) is 25.6 Å². The van der Waals surface area contributed by atoms with Gasteiger partial charge < -0.3 is 18.9 Å². The number of methoxy groups -OCH3 is 1. The van der Waals surface area contributed by atoms with Gasteiger partial charge in [-0.3, -0.25) is 0 Å². The van der Waals surface area contributed by atoms with E-state index in [1.807, 2.05) is 36.4 Å². The molecule has 2 fully saturated rings. The van der Waals surface area contributed by atoms with Crippen molar-refractivity contribution in [3.8, 4) is 0 Å². The zero-order chi connectivity index (χ0) is 16.4. The lowest BCUT2D eigenvalue weighted by Gasteiger charge is -2.33. The van der Waals surface area contributed by atoms with Crippen LogP contribution in [0.3, 0.4) is 0 Å². The molecular weight excluding hydrogens is 304 g/mol. The van der Waals surface area contributed by atoms with Gasteiger partial charge in [0.25, 0.3) is 0 Å². The van der Waals surface area contributed by atoms with E-state index in [-0.39, 0.29) is 30.7 Å². The summed E-state index contributed by atoms with van der Waals surface area (Å²) in [6, 6.07) is 20.3. The smallest absolute Gasteiger partial charge is 0.185 e. The number of ether oxygens (including phenoxy) is 4. The van der Waals surface area contributed by atoms with Gasteiger partial charge in [-0.05, 0) is 11.1 Å². The molecule has 0 amide bonds. The van der Waals surface area contributed by atoms with Crippen molar-refractivity contribution < 1.29 is 18.9 Å². The van der Waals surface area contributed by atoms with Crippen LogP contribution in [0.5, 0.6) is 0 Å². The van der Waals surface area contributed by atoms with Gasteiger partial charge in [0.05, 0.1) is 12.7 Å².